The molecule has 0 bridgehead atoms. The molecule has 0 saturated carbocycles. The van der Waals surface area contributed by atoms with Crippen LogP contribution in [0.1, 0.15) is 18.9 Å². The Hall–Kier alpha value is -2.86. The van der Waals surface area contributed by atoms with E-state index in [0.29, 0.717) is 13.1 Å². The second-order valence-electron chi connectivity index (χ2n) is 8.06. The second kappa shape index (κ2) is 8.25. The van der Waals surface area contributed by atoms with Crippen LogP contribution in [-0.2, 0) is 11.2 Å². The largest absolute Gasteiger partial charge is 0.369 e. The standard InChI is InChI=1S/C23H28N4O2/c1-23(13-12-19-8-4-2-5-9-19)21(28)27(22(29)24-23)18-25-14-16-26(17-15-25)20-10-6-3-7-11-20/h2-11H,12-18H2,1H3,(H,24,29)/t23-/m0/s1. The molecule has 2 aliphatic rings. The van der Waals surface area contributed by atoms with Crippen molar-refractivity contribution in [3.8, 4) is 0 Å². The van der Waals surface area contributed by atoms with Crippen LogP contribution >= 0.6 is 0 Å². The highest BCUT2D eigenvalue weighted by Crippen LogP contribution is 2.24. The van der Waals surface area contributed by atoms with Gasteiger partial charge in [-0.1, -0.05) is 48.5 Å². The number of aryl methyl sites for hydroxylation is 1. The van der Waals surface area contributed by atoms with E-state index in [0.717, 1.165) is 32.6 Å². The molecule has 2 fully saturated rings. The molecule has 2 saturated heterocycles. The first-order valence-electron chi connectivity index (χ1n) is 10.3. The number of hydrogen-bond acceptors (Lipinski definition) is 4. The summed E-state index contributed by atoms with van der Waals surface area (Å²) in [5.41, 5.74) is 1.56. The Kier molecular flexibility index (Phi) is 5.53. The Balaban J connectivity index is 1.32. The van der Waals surface area contributed by atoms with Crippen molar-refractivity contribution in [3.05, 3.63) is 66.2 Å². The minimum Gasteiger partial charge on any atom is -0.369 e. The van der Waals surface area contributed by atoms with Crippen molar-refractivity contribution in [1.82, 2.24) is 15.1 Å². The van der Waals surface area contributed by atoms with Gasteiger partial charge in [0.1, 0.15) is 5.54 Å². The van der Waals surface area contributed by atoms with Gasteiger partial charge < -0.3 is 10.2 Å². The van der Waals surface area contributed by atoms with Gasteiger partial charge in [0.2, 0.25) is 0 Å². The normalized spacial score (nSPS) is 22.8. The zero-order valence-electron chi connectivity index (χ0n) is 16.9. The van der Waals surface area contributed by atoms with Crippen molar-refractivity contribution in [3.63, 3.8) is 0 Å². The molecule has 1 N–H and O–H groups in total. The summed E-state index contributed by atoms with van der Waals surface area (Å²) in [5, 5.41) is 2.92. The van der Waals surface area contributed by atoms with E-state index in [-0.39, 0.29) is 11.9 Å². The smallest absolute Gasteiger partial charge is 0.326 e. The topological polar surface area (TPSA) is 55.9 Å². The van der Waals surface area contributed by atoms with E-state index in [1.54, 1.807) is 0 Å². The number of benzene rings is 2. The van der Waals surface area contributed by atoms with Gasteiger partial charge >= 0.3 is 6.03 Å². The second-order valence-corrected chi connectivity index (χ2v) is 8.06. The number of urea groups is 1. The lowest BCUT2D eigenvalue weighted by Crippen LogP contribution is -2.52. The van der Waals surface area contributed by atoms with Crippen LogP contribution in [0.3, 0.4) is 0 Å². The van der Waals surface area contributed by atoms with Gasteiger partial charge in [0.25, 0.3) is 5.91 Å². The molecule has 2 heterocycles. The van der Waals surface area contributed by atoms with Gasteiger partial charge in [0.05, 0.1) is 6.67 Å². The molecule has 29 heavy (non-hydrogen) atoms. The highest BCUT2D eigenvalue weighted by Gasteiger charge is 2.47. The molecule has 2 aromatic carbocycles. The van der Waals surface area contributed by atoms with Crippen molar-refractivity contribution in [2.24, 2.45) is 0 Å². The van der Waals surface area contributed by atoms with Gasteiger partial charge in [-0.3, -0.25) is 9.69 Å². The molecule has 6 nitrogen and oxygen atoms in total. The first-order valence-corrected chi connectivity index (χ1v) is 10.3. The Morgan fingerprint density at radius 2 is 1.52 bits per heavy atom. The molecule has 3 amide bonds. The summed E-state index contributed by atoms with van der Waals surface area (Å²) >= 11 is 0. The summed E-state index contributed by atoms with van der Waals surface area (Å²) in [6.45, 7) is 5.62. The van der Waals surface area contributed by atoms with Crippen molar-refractivity contribution >= 4 is 17.6 Å². The Labute approximate surface area is 172 Å². The lowest BCUT2D eigenvalue weighted by atomic mass is 9.93. The van der Waals surface area contributed by atoms with Crippen LogP contribution in [0, 0.1) is 0 Å². The average Bonchev–Trinajstić information content (AvgIpc) is 2.97. The fraction of sp³-hybridized carbons (Fsp3) is 0.391. The average molecular weight is 393 g/mol. The summed E-state index contributed by atoms with van der Waals surface area (Å²) < 4.78 is 0. The third kappa shape index (κ3) is 4.27. The number of carbonyl (C=O) groups excluding carboxylic acids is 2. The van der Waals surface area contributed by atoms with Gasteiger partial charge in [0, 0.05) is 31.9 Å². The number of nitrogens with zero attached hydrogens (tertiary/aromatic N) is 3. The van der Waals surface area contributed by atoms with Crippen molar-refractivity contribution in [1.29, 1.82) is 0 Å². The highest BCUT2D eigenvalue weighted by atomic mass is 16.2. The molecule has 2 aliphatic heterocycles. The quantitative estimate of drug-likeness (QED) is 0.768. The molecule has 1 atom stereocenters. The number of amides is 3. The zero-order chi connectivity index (χ0) is 20.3. The minimum atomic E-state index is -0.835. The zero-order valence-corrected chi connectivity index (χ0v) is 16.9. The molecular weight excluding hydrogens is 364 g/mol. The summed E-state index contributed by atoms with van der Waals surface area (Å²) in [5.74, 6) is -0.121. The van der Waals surface area contributed by atoms with Crippen LogP contribution in [0.15, 0.2) is 60.7 Å². The maximum atomic E-state index is 13.0. The molecule has 4 rings (SSSR count). The van der Waals surface area contributed by atoms with Gasteiger partial charge in [0.15, 0.2) is 0 Å². The maximum Gasteiger partial charge on any atom is 0.326 e. The van der Waals surface area contributed by atoms with E-state index in [9.17, 15) is 9.59 Å². The number of hydrogen-bond donors (Lipinski definition) is 1. The lowest BCUT2D eigenvalue weighted by Gasteiger charge is -2.37. The number of piperazine rings is 1. The van der Waals surface area contributed by atoms with E-state index in [4.69, 9.17) is 0 Å². The molecule has 6 heteroatoms. The third-order valence-electron chi connectivity index (χ3n) is 5.94. The number of rotatable bonds is 6. The molecule has 0 aromatic heterocycles. The van der Waals surface area contributed by atoms with E-state index in [1.807, 2.05) is 43.3 Å². The monoisotopic (exact) mass is 392 g/mol. The third-order valence-corrected chi connectivity index (χ3v) is 5.94. The minimum absolute atomic E-state index is 0.121. The SMILES string of the molecule is C[C@@]1(CCc2ccccc2)NC(=O)N(CN2CCN(c3ccccc3)CC2)C1=O. The summed E-state index contributed by atoms with van der Waals surface area (Å²) in [4.78, 5) is 31.5. The number of imide groups is 1. The van der Waals surface area contributed by atoms with Crippen molar-refractivity contribution in [2.75, 3.05) is 37.7 Å². The van der Waals surface area contributed by atoms with Crippen LogP contribution in [0.5, 0.6) is 0 Å². The number of carbonyl (C=O) groups is 2. The van der Waals surface area contributed by atoms with Crippen LogP contribution < -0.4 is 10.2 Å². The summed E-state index contributed by atoms with van der Waals surface area (Å²) in [6, 6.07) is 20.1. The Morgan fingerprint density at radius 1 is 0.897 bits per heavy atom. The van der Waals surface area contributed by atoms with Crippen molar-refractivity contribution in [2.45, 2.75) is 25.3 Å². The predicted octanol–water partition coefficient (Wildman–Crippen LogP) is 2.71. The molecule has 152 valence electrons. The van der Waals surface area contributed by atoms with E-state index < -0.39 is 5.54 Å². The fourth-order valence-electron chi connectivity index (χ4n) is 4.07. The predicted molar refractivity (Wildman–Crippen MR) is 114 cm³/mol. The maximum absolute atomic E-state index is 13.0. The van der Waals surface area contributed by atoms with Crippen LogP contribution in [0.25, 0.3) is 0 Å². The molecular formula is C23H28N4O2. The van der Waals surface area contributed by atoms with Gasteiger partial charge in [-0.05, 0) is 37.5 Å². The highest BCUT2D eigenvalue weighted by molar-refractivity contribution is 6.06. The molecule has 0 radical (unpaired) electrons. The molecule has 0 spiro atoms. The van der Waals surface area contributed by atoms with Crippen LogP contribution in [0.2, 0.25) is 0 Å². The van der Waals surface area contributed by atoms with Gasteiger partial charge in [-0.15, -0.1) is 0 Å². The Morgan fingerprint density at radius 3 is 2.17 bits per heavy atom. The Bertz CT molecular complexity index is 850. The molecule has 0 unspecified atom stereocenters. The fourth-order valence-corrected chi connectivity index (χ4v) is 4.07. The first kappa shape index (κ1) is 19.5. The van der Waals surface area contributed by atoms with Crippen LogP contribution in [-0.4, -0.2) is 60.1 Å². The van der Waals surface area contributed by atoms with E-state index >= 15 is 0 Å². The summed E-state index contributed by atoms with van der Waals surface area (Å²) in [7, 11) is 0. The van der Waals surface area contributed by atoms with E-state index in [2.05, 4.69) is 39.4 Å². The molecule has 2 aromatic rings. The van der Waals surface area contributed by atoms with E-state index in [1.165, 1.54) is 16.2 Å². The van der Waals surface area contributed by atoms with Gasteiger partial charge in [-0.2, -0.15) is 0 Å². The number of nitrogens with one attached hydrogen (secondary N) is 1. The molecule has 0 aliphatic carbocycles. The lowest BCUT2D eigenvalue weighted by molar-refractivity contribution is -0.132. The first-order chi connectivity index (χ1) is 14.0. The number of para-hydroxylation sites is 1. The summed E-state index contributed by atoms with van der Waals surface area (Å²) in [6.07, 6.45) is 1.35. The van der Waals surface area contributed by atoms with Crippen molar-refractivity contribution < 1.29 is 9.59 Å². The van der Waals surface area contributed by atoms with Crippen LogP contribution in [0.4, 0.5) is 10.5 Å². The van der Waals surface area contributed by atoms with Gasteiger partial charge in [-0.25, -0.2) is 9.69 Å². The number of anilines is 1.